The SMILES string of the molecule is CNCc1ccc(N(C)Cc2cccc(C)n2)c(Br)c1. The van der Waals surface area contributed by atoms with Crippen LogP contribution >= 0.6 is 15.9 Å². The number of aryl methyl sites for hydroxylation is 1. The number of rotatable bonds is 5. The number of aromatic nitrogens is 1. The number of pyridine rings is 1. The van der Waals surface area contributed by atoms with E-state index in [1.807, 2.05) is 20.0 Å². The van der Waals surface area contributed by atoms with Crippen molar-refractivity contribution in [2.75, 3.05) is 19.0 Å². The molecule has 2 aromatic rings. The molecule has 1 N–H and O–H groups in total. The van der Waals surface area contributed by atoms with E-state index >= 15 is 0 Å². The Kier molecular flexibility index (Phi) is 5.15. The first-order chi connectivity index (χ1) is 9.60. The smallest absolute Gasteiger partial charge is 0.0600 e. The molecule has 2 rings (SSSR count). The summed E-state index contributed by atoms with van der Waals surface area (Å²) in [7, 11) is 4.04. The fraction of sp³-hybridized carbons (Fsp3) is 0.312. The van der Waals surface area contributed by atoms with Crippen molar-refractivity contribution in [1.82, 2.24) is 10.3 Å². The molecule has 0 saturated carbocycles. The number of nitrogens with zero attached hydrogens (tertiary/aromatic N) is 2. The second kappa shape index (κ2) is 6.86. The topological polar surface area (TPSA) is 28.2 Å². The number of halogens is 1. The van der Waals surface area contributed by atoms with Crippen LogP contribution in [0.4, 0.5) is 5.69 Å². The van der Waals surface area contributed by atoms with Gasteiger partial charge in [0.05, 0.1) is 17.9 Å². The number of nitrogens with one attached hydrogen (secondary N) is 1. The van der Waals surface area contributed by atoms with Gasteiger partial charge in [-0.1, -0.05) is 12.1 Å². The van der Waals surface area contributed by atoms with Crippen LogP contribution in [0.1, 0.15) is 17.0 Å². The lowest BCUT2D eigenvalue weighted by Gasteiger charge is -2.21. The summed E-state index contributed by atoms with van der Waals surface area (Å²) < 4.78 is 1.11. The Balaban J connectivity index is 2.14. The molecule has 106 valence electrons. The van der Waals surface area contributed by atoms with Gasteiger partial charge in [-0.3, -0.25) is 4.98 Å². The zero-order valence-electron chi connectivity index (χ0n) is 12.2. The Bertz CT molecular complexity index is 584. The molecule has 0 spiro atoms. The van der Waals surface area contributed by atoms with Gasteiger partial charge in [0.15, 0.2) is 0 Å². The second-order valence-corrected chi connectivity index (χ2v) is 5.80. The van der Waals surface area contributed by atoms with Gasteiger partial charge < -0.3 is 10.2 Å². The van der Waals surface area contributed by atoms with E-state index in [0.717, 1.165) is 29.0 Å². The Morgan fingerprint density at radius 2 is 2.05 bits per heavy atom. The van der Waals surface area contributed by atoms with Gasteiger partial charge in [0, 0.05) is 23.8 Å². The third-order valence-electron chi connectivity index (χ3n) is 3.15. The first-order valence-electron chi connectivity index (χ1n) is 6.67. The lowest BCUT2D eigenvalue weighted by Crippen LogP contribution is -2.18. The molecular weight excluding hydrogens is 314 g/mol. The van der Waals surface area contributed by atoms with E-state index < -0.39 is 0 Å². The van der Waals surface area contributed by atoms with Crippen LogP contribution in [0.2, 0.25) is 0 Å². The summed E-state index contributed by atoms with van der Waals surface area (Å²) in [4.78, 5) is 6.75. The largest absolute Gasteiger partial charge is 0.368 e. The third-order valence-corrected chi connectivity index (χ3v) is 3.78. The first-order valence-corrected chi connectivity index (χ1v) is 7.46. The molecule has 1 aromatic heterocycles. The van der Waals surface area contributed by atoms with E-state index in [2.05, 4.69) is 68.5 Å². The Morgan fingerprint density at radius 3 is 2.70 bits per heavy atom. The number of hydrogen-bond acceptors (Lipinski definition) is 3. The predicted octanol–water partition coefficient (Wildman–Crippen LogP) is 3.51. The zero-order valence-corrected chi connectivity index (χ0v) is 13.7. The molecule has 0 radical (unpaired) electrons. The molecule has 1 aromatic carbocycles. The van der Waals surface area contributed by atoms with Crippen molar-refractivity contribution in [3.63, 3.8) is 0 Å². The second-order valence-electron chi connectivity index (χ2n) is 4.94. The third kappa shape index (κ3) is 3.81. The average molecular weight is 334 g/mol. The maximum absolute atomic E-state index is 4.55. The molecule has 0 bridgehead atoms. The van der Waals surface area contributed by atoms with Gasteiger partial charge in [-0.05, 0) is 59.7 Å². The summed E-state index contributed by atoms with van der Waals surface area (Å²) in [6.45, 7) is 3.69. The summed E-state index contributed by atoms with van der Waals surface area (Å²) in [5.74, 6) is 0. The van der Waals surface area contributed by atoms with Crippen molar-refractivity contribution < 1.29 is 0 Å². The highest BCUT2D eigenvalue weighted by Gasteiger charge is 2.08. The summed E-state index contributed by atoms with van der Waals surface area (Å²) in [5, 5.41) is 3.16. The van der Waals surface area contributed by atoms with E-state index in [-0.39, 0.29) is 0 Å². The van der Waals surface area contributed by atoms with E-state index in [4.69, 9.17) is 0 Å². The van der Waals surface area contributed by atoms with Crippen LogP contribution < -0.4 is 10.2 Å². The average Bonchev–Trinajstić information content (AvgIpc) is 2.39. The first kappa shape index (κ1) is 15.0. The van der Waals surface area contributed by atoms with E-state index in [1.54, 1.807) is 0 Å². The minimum absolute atomic E-state index is 0.797. The summed E-state index contributed by atoms with van der Waals surface area (Å²) >= 11 is 3.66. The Labute approximate surface area is 129 Å². The molecule has 0 atom stereocenters. The monoisotopic (exact) mass is 333 g/mol. The summed E-state index contributed by atoms with van der Waals surface area (Å²) in [5.41, 5.74) is 4.58. The minimum Gasteiger partial charge on any atom is -0.368 e. The highest BCUT2D eigenvalue weighted by Crippen LogP contribution is 2.27. The molecule has 0 amide bonds. The van der Waals surface area contributed by atoms with Crippen LogP contribution in [0, 0.1) is 6.92 Å². The van der Waals surface area contributed by atoms with Crippen LogP contribution in [0.15, 0.2) is 40.9 Å². The van der Waals surface area contributed by atoms with Crippen LogP contribution in [0.3, 0.4) is 0 Å². The fourth-order valence-electron chi connectivity index (χ4n) is 2.19. The van der Waals surface area contributed by atoms with Gasteiger partial charge in [-0.15, -0.1) is 0 Å². The standard InChI is InChI=1S/C16H20BrN3/c1-12-5-4-6-14(19-12)11-20(3)16-8-7-13(10-18-2)9-15(16)17/h4-9,18H,10-11H2,1-3H3. The van der Waals surface area contributed by atoms with Gasteiger partial charge in [-0.2, -0.15) is 0 Å². The Morgan fingerprint density at radius 1 is 1.25 bits per heavy atom. The molecule has 0 unspecified atom stereocenters. The summed E-state index contributed by atoms with van der Waals surface area (Å²) in [6.07, 6.45) is 0. The van der Waals surface area contributed by atoms with Gasteiger partial charge >= 0.3 is 0 Å². The minimum atomic E-state index is 0.797. The normalized spacial score (nSPS) is 10.6. The molecule has 0 saturated heterocycles. The number of benzene rings is 1. The molecular formula is C16H20BrN3. The lowest BCUT2D eigenvalue weighted by molar-refractivity contribution is 0.815. The number of hydrogen-bond donors (Lipinski definition) is 1. The maximum atomic E-state index is 4.55. The van der Waals surface area contributed by atoms with E-state index in [0.29, 0.717) is 0 Å². The molecule has 0 aliphatic heterocycles. The fourth-order valence-corrected chi connectivity index (χ4v) is 2.92. The molecule has 0 aliphatic carbocycles. The van der Waals surface area contributed by atoms with Crippen molar-refractivity contribution >= 4 is 21.6 Å². The molecule has 0 fully saturated rings. The highest BCUT2D eigenvalue weighted by atomic mass is 79.9. The predicted molar refractivity (Wildman–Crippen MR) is 88.0 cm³/mol. The van der Waals surface area contributed by atoms with Crippen molar-refractivity contribution in [3.05, 3.63) is 57.8 Å². The van der Waals surface area contributed by atoms with Crippen molar-refractivity contribution in [3.8, 4) is 0 Å². The molecule has 0 aliphatic rings. The van der Waals surface area contributed by atoms with Gasteiger partial charge in [0.1, 0.15) is 0 Å². The van der Waals surface area contributed by atoms with Crippen LogP contribution in [-0.4, -0.2) is 19.1 Å². The van der Waals surface area contributed by atoms with Crippen molar-refractivity contribution in [2.45, 2.75) is 20.0 Å². The van der Waals surface area contributed by atoms with Crippen LogP contribution in [0.5, 0.6) is 0 Å². The van der Waals surface area contributed by atoms with Gasteiger partial charge in [0.2, 0.25) is 0 Å². The summed E-state index contributed by atoms with van der Waals surface area (Å²) in [6, 6.07) is 12.6. The molecule has 4 heteroatoms. The highest BCUT2D eigenvalue weighted by molar-refractivity contribution is 9.10. The van der Waals surface area contributed by atoms with Crippen molar-refractivity contribution in [2.24, 2.45) is 0 Å². The lowest BCUT2D eigenvalue weighted by atomic mass is 10.2. The van der Waals surface area contributed by atoms with E-state index in [9.17, 15) is 0 Å². The van der Waals surface area contributed by atoms with Crippen LogP contribution in [0.25, 0.3) is 0 Å². The van der Waals surface area contributed by atoms with E-state index in [1.165, 1.54) is 11.3 Å². The van der Waals surface area contributed by atoms with Crippen LogP contribution in [-0.2, 0) is 13.1 Å². The zero-order chi connectivity index (χ0) is 14.5. The Hall–Kier alpha value is -1.39. The van der Waals surface area contributed by atoms with Crippen molar-refractivity contribution in [1.29, 1.82) is 0 Å². The van der Waals surface area contributed by atoms with Gasteiger partial charge in [-0.25, -0.2) is 0 Å². The van der Waals surface area contributed by atoms with Gasteiger partial charge in [0.25, 0.3) is 0 Å². The molecule has 3 nitrogen and oxygen atoms in total. The maximum Gasteiger partial charge on any atom is 0.0600 e. The molecule has 1 heterocycles. The molecule has 20 heavy (non-hydrogen) atoms. The number of anilines is 1. The quantitative estimate of drug-likeness (QED) is 0.907.